The summed E-state index contributed by atoms with van der Waals surface area (Å²) in [6.45, 7) is 4.27. The average molecular weight is 562 g/mol. The van der Waals surface area contributed by atoms with Gasteiger partial charge in [-0.3, -0.25) is 4.79 Å². The molecule has 3 N–H and O–H groups in total. The highest BCUT2D eigenvalue weighted by Gasteiger charge is 2.39. The van der Waals surface area contributed by atoms with E-state index in [1.165, 1.54) is 36.4 Å². The minimum absolute atomic E-state index is 0.000822. The first kappa shape index (κ1) is 28.9. The topological polar surface area (TPSA) is 129 Å². The van der Waals surface area contributed by atoms with E-state index in [4.69, 9.17) is 14.9 Å². The molecule has 9 nitrogen and oxygen atoms in total. The first-order chi connectivity index (χ1) is 17.2. The highest BCUT2D eigenvalue weighted by Crippen LogP contribution is 2.31. The monoisotopic (exact) mass is 561 g/mol. The van der Waals surface area contributed by atoms with E-state index in [1.807, 2.05) is 4.90 Å². The quantitative estimate of drug-likeness (QED) is 0.399. The van der Waals surface area contributed by atoms with Gasteiger partial charge in [0.1, 0.15) is 12.4 Å². The molecule has 2 heterocycles. The zero-order chi connectivity index (χ0) is 27.4. The van der Waals surface area contributed by atoms with Crippen LogP contribution < -0.4 is 15.0 Å². The van der Waals surface area contributed by atoms with Gasteiger partial charge in [0.2, 0.25) is 5.88 Å². The van der Waals surface area contributed by atoms with Crippen molar-refractivity contribution in [3.05, 3.63) is 42.0 Å². The number of carbonyl (C=O) groups is 1. The molecule has 0 aliphatic carbocycles. The van der Waals surface area contributed by atoms with Crippen LogP contribution in [0.5, 0.6) is 5.88 Å². The molecule has 0 bridgehead atoms. The summed E-state index contributed by atoms with van der Waals surface area (Å²) in [6.07, 6.45) is -7.53. The molecule has 0 spiro atoms. The van der Waals surface area contributed by atoms with Crippen LogP contribution in [0.3, 0.4) is 0 Å². The molecule has 1 aliphatic rings. The number of sulfone groups is 1. The van der Waals surface area contributed by atoms with E-state index in [2.05, 4.69) is 23.4 Å². The summed E-state index contributed by atoms with van der Waals surface area (Å²) >= 11 is 0. The predicted octanol–water partition coefficient (Wildman–Crippen LogP) is 2.93. The zero-order valence-corrected chi connectivity index (χ0v) is 22.3. The zero-order valence-electron chi connectivity index (χ0n) is 20.5. The normalized spacial score (nSPS) is 16.8. The highest BCUT2D eigenvalue weighted by atomic mass is 32.2. The third-order valence-corrected chi connectivity index (χ3v) is 11.0. The summed E-state index contributed by atoms with van der Waals surface area (Å²) in [5.74, 6) is -1.27. The van der Waals surface area contributed by atoms with E-state index in [1.54, 1.807) is 0 Å². The van der Waals surface area contributed by atoms with Crippen LogP contribution >= 0.6 is 0 Å². The van der Waals surface area contributed by atoms with Gasteiger partial charge in [-0.25, -0.2) is 8.42 Å². The predicted molar refractivity (Wildman–Crippen MR) is 135 cm³/mol. The van der Waals surface area contributed by atoms with Crippen LogP contribution in [0.1, 0.15) is 10.4 Å². The van der Waals surface area contributed by atoms with Gasteiger partial charge in [-0.15, -0.1) is 0 Å². The van der Waals surface area contributed by atoms with Crippen molar-refractivity contribution in [1.29, 1.82) is 0 Å². The standard InChI is InChI=1S/C23H30F3N3O6SSi/c1-37(2)12-8-29(9-13-37)18-14-16(36(33,34)11-10-30)6-7-17(18)22(32)28-20-4-3-5-21(27-20)35-15-19(31)23(24,25)26/h3-7,14,19,30-31H,8-13,15H2,1-2H3,(H,27,28,32)/t19-/m1/s1. The molecule has 1 aliphatic heterocycles. The Labute approximate surface area is 214 Å². The molecule has 0 saturated carbocycles. The fourth-order valence-electron chi connectivity index (χ4n) is 3.76. The van der Waals surface area contributed by atoms with Crippen molar-refractivity contribution in [2.75, 3.05) is 42.3 Å². The van der Waals surface area contributed by atoms with Gasteiger partial charge < -0.3 is 25.2 Å². The Morgan fingerprint density at radius 2 is 1.89 bits per heavy atom. The van der Waals surface area contributed by atoms with E-state index in [0.29, 0.717) is 18.8 Å². The molecule has 1 atom stereocenters. The second kappa shape index (κ2) is 11.4. The SMILES string of the molecule is C[Si]1(C)CCN(c2cc(S(=O)(=O)CCO)ccc2C(=O)Nc2cccc(OC[C@@H](O)C(F)(F)F)n2)CC1. The van der Waals surface area contributed by atoms with Crippen LogP contribution in [0.25, 0.3) is 0 Å². The molecule has 1 amide bonds. The van der Waals surface area contributed by atoms with Crippen molar-refractivity contribution in [2.45, 2.75) is 42.4 Å². The van der Waals surface area contributed by atoms with Gasteiger partial charge >= 0.3 is 6.18 Å². The number of rotatable bonds is 9. The van der Waals surface area contributed by atoms with Crippen molar-refractivity contribution in [3.8, 4) is 5.88 Å². The maximum atomic E-state index is 13.2. The molecular formula is C23H30F3N3O6SSi. The van der Waals surface area contributed by atoms with Crippen LogP contribution in [-0.4, -0.2) is 81.9 Å². The summed E-state index contributed by atoms with van der Waals surface area (Å²) in [5, 5.41) is 20.8. The summed E-state index contributed by atoms with van der Waals surface area (Å²) in [7, 11) is -5.13. The van der Waals surface area contributed by atoms with Gasteiger partial charge in [0.15, 0.2) is 15.9 Å². The van der Waals surface area contributed by atoms with Crippen LogP contribution in [0.4, 0.5) is 24.7 Å². The summed E-state index contributed by atoms with van der Waals surface area (Å²) < 4.78 is 67.6. The van der Waals surface area contributed by atoms with E-state index in [9.17, 15) is 26.4 Å². The Kier molecular flexibility index (Phi) is 8.88. The minimum atomic E-state index is -4.84. The Bertz CT molecular complexity index is 1220. The molecule has 2 aromatic rings. The smallest absolute Gasteiger partial charge is 0.417 e. The van der Waals surface area contributed by atoms with Gasteiger partial charge in [-0.05, 0) is 36.4 Å². The lowest BCUT2D eigenvalue weighted by atomic mass is 10.1. The maximum Gasteiger partial charge on any atom is 0.417 e. The third kappa shape index (κ3) is 7.66. The fraction of sp³-hybridized carbons (Fsp3) is 0.478. The molecule has 1 saturated heterocycles. The van der Waals surface area contributed by atoms with Crippen molar-refractivity contribution in [2.24, 2.45) is 0 Å². The number of benzene rings is 1. The number of amides is 1. The number of halogens is 3. The lowest BCUT2D eigenvalue weighted by Gasteiger charge is -2.38. The highest BCUT2D eigenvalue weighted by molar-refractivity contribution is 7.91. The number of pyridine rings is 1. The first-order valence-electron chi connectivity index (χ1n) is 11.6. The largest absolute Gasteiger partial charge is 0.474 e. The minimum Gasteiger partial charge on any atom is -0.474 e. The van der Waals surface area contributed by atoms with E-state index >= 15 is 0 Å². The summed E-state index contributed by atoms with van der Waals surface area (Å²) in [6, 6.07) is 10.2. The van der Waals surface area contributed by atoms with E-state index in [0.717, 1.165) is 12.1 Å². The number of aliphatic hydroxyl groups excluding tert-OH is 2. The number of hydrogen-bond donors (Lipinski definition) is 3. The number of aromatic nitrogens is 1. The molecule has 3 rings (SSSR count). The molecule has 14 heteroatoms. The number of hydrogen-bond acceptors (Lipinski definition) is 8. The number of aliphatic hydroxyl groups is 2. The number of nitrogens with zero attached hydrogens (tertiary/aromatic N) is 2. The second-order valence-corrected chi connectivity index (χ2v) is 17.0. The van der Waals surface area contributed by atoms with Gasteiger partial charge in [-0.2, -0.15) is 18.2 Å². The van der Waals surface area contributed by atoms with Gasteiger partial charge in [-0.1, -0.05) is 19.2 Å². The number of nitrogens with one attached hydrogen (secondary N) is 1. The van der Waals surface area contributed by atoms with E-state index in [-0.39, 0.29) is 22.2 Å². The number of carbonyl (C=O) groups excluding carboxylic acids is 1. The second-order valence-electron chi connectivity index (χ2n) is 9.56. The lowest BCUT2D eigenvalue weighted by molar-refractivity contribution is -0.210. The van der Waals surface area contributed by atoms with Gasteiger partial charge in [0, 0.05) is 19.2 Å². The Morgan fingerprint density at radius 3 is 2.51 bits per heavy atom. The molecule has 0 unspecified atom stereocenters. The van der Waals surface area contributed by atoms with Crippen LogP contribution in [-0.2, 0) is 9.84 Å². The Morgan fingerprint density at radius 1 is 1.22 bits per heavy atom. The number of anilines is 2. The summed E-state index contributed by atoms with van der Waals surface area (Å²) in [4.78, 5) is 19.1. The third-order valence-electron chi connectivity index (χ3n) is 6.12. The molecule has 1 aromatic carbocycles. The van der Waals surface area contributed by atoms with Crippen molar-refractivity contribution in [1.82, 2.24) is 4.98 Å². The van der Waals surface area contributed by atoms with Crippen LogP contribution in [0.15, 0.2) is 41.3 Å². The van der Waals surface area contributed by atoms with Gasteiger partial charge in [0.25, 0.3) is 5.91 Å². The van der Waals surface area contributed by atoms with Crippen LogP contribution in [0.2, 0.25) is 25.2 Å². The lowest BCUT2D eigenvalue weighted by Crippen LogP contribution is -2.43. The fourth-order valence-corrected chi connectivity index (χ4v) is 6.80. The molecule has 204 valence electrons. The van der Waals surface area contributed by atoms with Crippen molar-refractivity contribution in [3.63, 3.8) is 0 Å². The van der Waals surface area contributed by atoms with Crippen molar-refractivity contribution >= 4 is 35.3 Å². The molecule has 1 fully saturated rings. The van der Waals surface area contributed by atoms with E-state index < -0.39 is 55.1 Å². The summed E-state index contributed by atoms with van der Waals surface area (Å²) in [5.41, 5.74) is 0.631. The molecule has 1 aromatic heterocycles. The maximum absolute atomic E-state index is 13.2. The number of ether oxygens (including phenoxy) is 1. The molecule has 37 heavy (non-hydrogen) atoms. The van der Waals surface area contributed by atoms with Crippen molar-refractivity contribution < 1.29 is 41.3 Å². The first-order valence-corrected chi connectivity index (χ1v) is 16.7. The molecule has 0 radical (unpaired) electrons. The number of alkyl halides is 3. The Hall–Kier alpha value is -2.68. The Balaban J connectivity index is 1.85. The van der Waals surface area contributed by atoms with Crippen LogP contribution in [0, 0.1) is 0 Å². The molecular weight excluding hydrogens is 531 g/mol. The average Bonchev–Trinajstić information content (AvgIpc) is 2.81. The van der Waals surface area contributed by atoms with Gasteiger partial charge in [0.05, 0.1) is 36.6 Å².